The van der Waals surface area contributed by atoms with Gasteiger partial charge in [0.15, 0.2) is 5.82 Å². The van der Waals surface area contributed by atoms with Crippen LogP contribution in [0.5, 0.6) is 0 Å². The second-order valence-corrected chi connectivity index (χ2v) is 6.53. The monoisotopic (exact) mass is 324 g/mol. The van der Waals surface area contributed by atoms with Crippen molar-refractivity contribution in [3.63, 3.8) is 0 Å². The van der Waals surface area contributed by atoms with E-state index in [1.165, 1.54) is 10.2 Å². The van der Waals surface area contributed by atoms with Crippen LogP contribution in [0.3, 0.4) is 0 Å². The van der Waals surface area contributed by atoms with Gasteiger partial charge in [-0.1, -0.05) is 42.5 Å². The van der Waals surface area contributed by atoms with Crippen molar-refractivity contribution in [3.05, 3.63) is 63.5 Å². The maximum Gasteiger partial charge on any atom is 0.270 e. The minimum Gasteiger partial charge on any atom is -0.364 e. The van der Waals surface area contributed by atoms with E-state index >= 15 is 0 Å². The van der Waals surface area contributed by atoms with Crippen molar-refractivity contribution >= 4 is 11.9 Å². The van der Waals surface area contributed by atoms with Gasteiger partial charge in [0.25, 0.3) is 5.56 Å². The highest BCUT2D eigenvalue weighted by Crippen LogP contribution is 2.27. The molecule has 0 saturated carbocycles. The average molecular weight is 324 g/mol. The summed E-state index contributed by atoms with van der Waals surface area (Å²) in [6, 6.07) is 10.8. The van der Waals surface area contributed by atoms with Gasteiger partial charge in [-0.05, 0) is 33.0 Å². The number of nitrogens with one attached hydrogen (secondary N) is 1. The Kier molecular flexibility index (Phi) is 4.53. The van der Waals surface area contributed by atoms with Crippen LogP contribution in [0.2, 0.25) is 0 Å². The highest BCUT2D eigenvalue weighted by Gasteiger charge is 2.24. The number of aryl methyl sites for hydroxylation is 1. The van der Waals surface area contributed by atoms with Crippen LogP contribution in [0.15, 0.2) is 41.2 Å². The fraction of sp³-hybridized carbons (Fsp3) is 0.368. The number of likely N-dealkylation sites (N-methyl/N-ethyl adjacent to an activating group) is 1. The van der Waals surface area contributed by atoms with Gasteiger partial charge in [-0.15, -0.1) is 0 Å². The number of hydrogen-bond acceptors (Lipinski definition) is 4. The summed E-state index contributed by atoms with van der Waals surface area (Å²) in [4.78, 5) is 14.4. The molecule has 2 atom stereocenters. The molecular formula is C19H24N4O. The number of rotatable bonds is 5. The van der Waals surface area contributed by atoms with Crippen LogP contribution in [-0.4, -0.2) is 34.8 Å². The van der Waals surface area contributed by atoms with Crippen molar-refractivity contribution in [1.29, 1.82) is 0 Å². The number of hydrogen-bond donors (Lipinski definition) is 1. The van der Waals surface area contributed by atoms with Crippen LogP contribution in [0.1, 0.15) is 29.7 Å². The maximum atomic E-state index is 12.2. The standard InChI is InChI=1S/C19H24N4O/c1-13(17(22(2)3)14-9-6-5-7-10-14)20-18-15-11-8-12-16(15)19(24)23(4)21-18/h5-11,13,17H,12H2,1-4H3,(H,20,21)/t13-,17+/m0/s1. The lowest BCUT2D eigenvalue weighted by Gasteiger charge is -2.31. The Morgan fingerprint density at radius 3 is 2.62 bits per heavy atom. The number of aromatic nitrogens is 2. The molecule has 1 heterocycles. The van der Waals surface area contributed by atoms with Gasteiger partial charge in [-0.3, -0.25) is 4.79 Å². The highest BCUT2D eigenvalue weighted by molar-refractivity contribution is 5.69. The third-order valence-electron chi connectivity index (χ3n) is 4.52. The summed E-state index contributed by atoms with van der Waals surface area (Å²) in [5.41, 5.74) is 2.98. The molecule has 0 unspecified atom stereocenters. The first-order valence-corrected chi connectivity index (χ1v) is 8.23. The molecule has 5 nitrogen and oxygen atoms in total. The molecule has 0 bridgehead atoms. The van der Waals surface area contributed by atoms with Gasteiger partial charge in [0, 0.05) is 24.2 Å². The van der Waals surface area contributed by atoms with E-state index in [1.807, 2.05) is 18.2 Å². The molecule has 1 N–H and O–H groups in total. The van der Waals surface area contributed by atoms with E-state index in [-0.39, 0.29) is 17.6 Å². The van der Waals surface area contributed by atoms with Gasteiger partial charge in [0.2, 0.25) is 0 Å². The minimum absolute atomic E-state index is 0.0135. The van der Waals surface area contributed by atoms with Crippen molar-refractivity contribution in [2.75, 3.05) is 19.4 Å². The maximum absolute atomic E-state index is 12.2. The van der Waals surface area contributed by atoms with Gasteiger partial charge >= 0.3 is 0 Å². The second kappa shape index (κ2) is 6.61. The molecule has 0 aliphatic heterocycles. The predicted molar refractivity (Wildman–Crippen MR) is 98.2 cm³/mol. The number of fused-ring (bicyclic) bond motifs is 1. The molecule has 1 aliphatic rings. The Bertz CT molecular complexity index is 808. The molecule has 1 aliphatic carbocycles. The summed E-state index contributed by atoms with van der Waals surface area (Å²) >= 11 is 0. The van der Waals surface area contributed by atoms with Gasteiger partial charge < -0.3 is 10.2 Å². The highest BCUT2D eigenvalue weighted by atomic mass is 16.1. The van der Waals surface area contributed by atoms with Crippen LogP contribution < -0.4 is 10.9 Å². The Hall–Kier alpha value is -2.40. The Labute approximate surface area is 142 Å². The smallest absolute Gasteiger partial charge is 0.270 e. The molecule has 3 rings (SSSR count). The first kappa shape index (κ1) is 16.5. The summed E-state index contributed by atoms with van der Waals surface area (Å²) in [6.07, 6.45) is 4.69. The van der Waals surface area contributed by atoms with Crippen molar-refractivity contribution in [1.82, 2.24) is 14.7 Å². The molecule has 0 saturated heterocycles. The van der Waals surface area contributed by atoms with Crippen LogP contribution in [0, 0.1) is 0 Å². The second-order valence-electron chi connectivity index (χ2n) is 6.53. The molecule has 0 radical (unpaired) electrons. The summed E-state index contributed by atoms with van der Waals surface area (Å²) in [5, 5.41) is 7.97. The lowest BCUT2D eigenvalue weighted by Crippen LogP contribution is -2.36. The largest absolute Gasteiger partial charge is 0.364 e. The summed E-state index contributed by atoms with van der Waals surface area (Å²) in [6.45, 7) is 2.15. The molecule has 126 valence electrons. The SMILES string of the molecule is C[C@H](Nc1nn(C)c(=O)c2c1C=CC2)[C@H](c1ccccc1)N(C)C. The van der Waals surface area contributed by atoms with E-state index in [0.29, 0.717) is 6.42 Å². The normalized spacial score (nSPS) is 15.4. The van der Waals surface area contributed by atoms with E-state index in [2.05, 4.69) is 60.6 Å². The van der Waals surface area contributed by atoms with E-state index in [9.17, 15) is 4.79 Å². The van der Waals surface area contributed by atoms with Crippen LogP contribution in [-0.2, 0) is 13.5 Å². The Morgan fingerprint density at radius 1 is 1.25 bits per heavy atom. The van der Waals surface area contributed by atoms with Crippen molar-refractivity contribution in [3.8, 4) is 0 Å². The number of allylic oxidation sites excluding steroid dienone is 1. The van der Waals surface area contributed by atoms with E-state index < -0.39 is 0 Å². The molecule has 2 aromatic rings. The quantitative estimate of drug-likeness (QED) is 0.918. The first-order chi connectivity index (χ1) is 11.5. The lowest BCUT2D eigenvalue weighted by atomic mass is 9.99. The minimum atomic E-state index is -0.0135. The van der Waals surface area contributed by atoms with E-state index in [0.717, 1.165) is 16.9 Å². The third kappa shape index (κ3) is 2.99. The lowest BCUT2D eigenvalue weighted by molar-refractivity contribution is 0.275. The summed E-state index contributed by atoms with van der Waals surface area (Å²) in [5.74, 6) is 0.774. The molecule has 1 aromatic carbocycles. The molecule has 5 heteroatoms. The predicted octanol–water partition coefficient (Wildman–Crippen LogP) is 2.45. The molecular weight excluding hydrogens is 300 g/mol. The van der Waals surface area contributed by atoms with Gasteiger partial charge in [0.05, 0.1) is 6.04 Å². The molecule has 0 fully saturated rings. The van der Waals surface area contributed by atoms with Crippen molar-refractivity contribution in [2.45, 2.75) is 25.4 Å². The van der Waals surface area contributed by atoms with E-state index in [1.54, 1.807) is 7.05 Å². The van der Waals surface area contributed by atoms with E-state index in [4.69, 9.17) is 0 Å². The Morgan fingerprint density at radius 2 is 1.96 bits per heavy atom. The Balaban J connectivity index is 1.93. The molecule has 0 spiro atoms. The van der Waals surface area contributed by atoms with Crippen molar-refractivity contribution < 1.29 is 0 Å². The van der Waals surface area contributed by atoms with Crippen LogP contribution >= 0.6 is 0 Å². The summed E-state index contributed by atoms with van der Waals surface area (Å²) in [7, 11) is 5.86. The van der Waals surface area contributed by atoms with Crippen LogP contribution in [0.25, 0.3) is 6.08 Å². The topological polar surface area (TPSA) is 50.2 Å². The van der Waals surface area contributed by atoms with Gasteiger partial charge in [-0.25, -0.2) is 4.68 Å². The number of nitrogens with zero attached hydrogens (tertiary/aromatic N) is 3. The zero-order valence-electron chi connectivity index (χ0n) is 14.7. The zero-order valence-corrected chi connectivity index (χ0v) is 14.7. The van der Waals surface area contributed by atoms with Gasteiger partial charge in [0.1, 0.15) is 0 Å². The first-order valence-electron chi connectivity index (χ1n) is 8.23. The molecule has 24 heavy (non-hydrogen) atoms. The fourth-order valence-electron chi connectivity index (χ4n) is 3.46. The average Bonchev–Trinajstić information content (AvgIpc) is 3.03. The molecule has 1 aromatic heterocycles. The zero-order chi connectivity index (χ0) is 17.3. The van der Waals surface area contributed by atoms with Crippen molar-refractivity contribution in [2.24, 2.45) is 7.05 Å². The third-order valence-corrected chi connectivity index (χ3v) is 4.52. The molecule has 0 amide bonds. The fourth-order valence-corrected chi connectivity index (χ4v) is 3.46. The summed E-state index contributed by atoms with van der Waals surface area (Å²) < 4.78 is 1.42. The van der Waals surface area contributed by atoms with Gasteiger partial charge in [-0.2, -0.15) is 5.10 Å². The number of anilines is 1. The van der Waals surface area contributed by atoms with Crippen LogP contribution in [0.4, 0.5) is 5.82 Å². The number of benzene rings is 1.